The molecule has 18 N–H and O–H groups in total. The first-order chi connectivity index (χ1) is 21.3. The number of urea groups is 1. The van der Waals surface area contributed by atoms with Crippen molar-refractivity contribution in [1.29, 1.82) is 0 Å². The standard InChI is InChI=1S/C26H52N8O11/c27-1-2-34(41)26(40)33-14-5-12(29)22(21(39)23(14)45-25-20(38)18(31)19(37)17(9-35)43-25)44-24-13(30)6-15(36)16(42-24)8-32-7-10-3-11(28)4-10/h10-25,32,35-39,41H,1-9,27-31H2,(H,33,40)/t10?,11?,12-,13+,14+,15-,16+,17+,18-,19+,20+,21-,22+,23-,24+,25+/m0/s1. The highest BCUT2D eigenvalue weighted by Crippen LogP contribution is 2.32. The fraction of sp³-hybridized carbons (Fsp3) is 0.962. The summed E-state index contributed by atoms with van der Waals surface area (Å²) in [6.45, 7) is 0.191. The van der Waals surface area contributed by atoms with Gasteiger partial charge in [0.15, 0.2) is 12.6 Å². The minimum atomic E-state index is -1.59. The number of nitrogens with zero attached hydrogens (tertiary/aromatic N) is 1. The first-order valence-corrected chi connectivity index (χ1v) is 15.5. The van der Waals surface area contributed by atoms with Crippen LogP contribution in [0.3, 0.4) is 0 Å². The summed E-state index contributed by atoms with van der Waals surface area (Å²) in [5, 5.41) is 68.9. The van der Waals surface area contributed by atoms with Crippen LogP contribution >= 0.6 is 0 Å². The van der Waals surface area contributed by atoms with E-state index in [9.17, 15) is 35.5 Å². The SMILES string of the molecule is NCCN(O)C(=O)N[C@@H]1C[C@H](N)[C@@H](O[C@H]2O[C@H](CNCC3CC(N)C3)[C@@H](O)C[C@H]2N)[C@H](O)[C@H]1O[C@H]1O[C@H](CO)[C@@H](O)[C@H](N)[C@H]1O. The van der Waals surface area contributed by atoms with Crippen molar-refractivity contribution >= 4 is 6.03 Å². The van der Waals surface area contributed by atoms with E-state index >= 15 is 0 Å². The zero-order valence-electron chi connectivity index (χ0n) is 25.2. The molecule has 2 aliphatic heterocycles. The van der Waals surface area contributed by atoms with Gasteiger partial charge in [-0.1, -0.05) is 0 Å². The van der Waals surface area contributed by atoms with Crippen LogP contribution in [0.4, 0.5) is 4.79 Å². The van der Waals surface area contributed by atoms with Gasteiger partial charge in [0.2, 0.25) is 0 Å². The van der Waals surface area contributed by atoms with Crippen LogP contribution in [0.5, 0.6) is 0 Å². The van der Waals surface area contributed by atoms with Crippen LogP contribution in [0.1, 0.15) is 25.7 Å². The van der Waals surface area contributed by atoms with E-state index in [0.717, 1.165) is 19.4 Å². The smallest absolute Gasteiger partial charge is 0.341 e. The topological polar surface area (TPSA) is 333 Å². The van der Waals surface area contributed by atoms with Gasteiger partial charge in [-0.15, -0.1) is 0 Å². The van der Waals surface area contributed by atoms with Crippen LogP contribution in [-0.4, -0.2) is 166 Å². The van der Waals surface area contributed by atoms with Crippen molar-refractivity contribution in [2.45, 2.75) is 117 Å². The van der Waals surface area contributed by atoms with Crippen LogP contribution in [0.2, 0.25) is 0 Å². The maximum atomic E-state index is 12.6. The largest absolute Gasteiger partial charge is 0.394 e. The van der Waals surface area contributed by atoms with Gasteiger partial charge in [0.1, 0.15) is 36.6 Å². The monoisotopic (exact) mass is 652 g/mol. The van der Waals surface area contributed by atoms with Gasteiger partial charge in [0.25, 0.3) is 0 Å². The third kappa shape index (κ3) is 8.76. The lowest BCUT2D eigenvalue weighted by Crippen LogP contribution is -2.69. The Morgan fingerprint density at radius 3 is 2.16 bits per heavy atom. The van der Waals surface area contributed by atoms with Gasteiger partial charge in [-0.05, 0) is 38.1 Å². The van der Waals surface area contributed by atoms with Crippen molar-refractivity contribution in [3.63, 3.8) is 0 Å². The molecule has 2 saturated carbocycles. The van der Waals surface area contributed by atoms with Crippen molar-refractivity contribution < 1.29 is 54.5 Å². The second kappa shape index (κ2) is 16.2. The van der Waals surface area contributed by atoms with E-state index < -0.39 is 98.2 Å². The van der Waals surface area contributed by atoms with Gasteiger partial charge in [0, 0.05) is 25.2 Å². The number of ether oxygens (including phenoxy) is 4. The van der Waals surface area contributed by atoms with Crippen LogP contribution in [0.15, 0.2) is 0 Å². The number of hydrogen-bond acceptors (Lipinski definition) is 17. The Hall–Kier alpha value is -1.37. The van der Waals surface area contributed by atoms with Gasteiger partial charge in [-0.25, -0.2) is 9.86 Å². The first kappa shape index (κ1) is 36.5. The Morgan fingerprint density at radius 1 is 0.844 bits per heavy atom. The fourth-order valence-corrected chi connectivity index (χ4v) is 6.34. The molecule has 0 radical (unpaired) electrons. The van der Waals surface area contributed by atoms with Gasteiger partial charge in [-0.3, -0.25) is 5.21 Å². The fourth-order valence-electron chi connectivity index (χ4n) is 6.34. The molecule has 19 heteroatoms. The van der Waals surface area contributed by atoms with Crippen molar-refractivity contribution in [1.82, 2.24) is 15.7 Å². The number of hydrogen-bond donors (Lipinski definition) is 13. The molecule has 262 valence electrons. The highest BCUT2D eigenvalue weighted by Gasteiger charge is 2.51. The molecule has 45 heavy (non-hydrogen) atoms. The summed E-state index contributed by atoms with van der Waals surface area (Å²) < 4.78 is 23.7. The number of carbonyl (C=O) groups is 1. The van der Waals surface area contributed by atoms with Gasteiger partial charge in [-0.2, -0.15) is 0 Å². The van der Waals surface area contributed by atoms with E-state index in [0.29, 0.717) is 17.5 Å². The van der Waals surface area contributed by atoms with Gasteiger partial charge >= 0.3 is 6.03 Å². The summed E-state index contributed by atoms with van der Waals surface area (Å²) in [6, 6.07) is -4.75. The predicted molar refractivity (Wildman–Crippen MR) is 155 cm³/mol. The van der Waals surface area contributed by atoms with Crippen LogP contribution in [0, 0.1) is 5.92 Å². The molecule has 4 rings (SSSR count). The second-order valence-corrected chi connectivity index (χ2v) is 12.6. The molecule has 2 aliphatic carbocycles. The van der Waals surface area contributed by atoms with E-state index in [1.54, 1.807) is 0 Å². The molecular formula is C26H52N8O11. The average molecular weight is 653 g/mol. The van der Waals surface area contributed by atoms with Gasteiger partial charge in [0.05, 0.1) is 43.5 Å². The molecule has 4 aliphatic rings. The van der Waals surface area contributed by atoms with Crippen molar-refractivity contribution in [2.75, 3.05) is 32.8 Å². The molecule has 4 fully saturated rings. The molecule has 0 spiro atoms. The first-order valence-electron chi connectivity index (χ1n) is 15.5. The Balaban J connectivity index is 1.47. The summed E-state index contributed by atoms with van der Waals surface area (Å²) in [7, 11) is 0. The summed E-state index contributed by atoms with van der Waals surface area (Å²) in [4.78, 5) is 12.6. The minimum Gasteiger partial charge on any atom is -0.394 e. The molecule has 0 bridgehead atoms. The molecule has 2 amide bonds. The molecular weight excluding hydrogens is 600 g/mol. The Labute approximate surface area is 261 Å². The predicted octanol–water partition coefficient (Wildman–Crippen LogP) is -6.53. The number of amides is 2. The van der Waals surface area contributed by atoms with Crippen LogP contribution < -0.4 is 39.3 Å². The van der Waals surface area contributed by atoms with Crippen LogP contribution in [-0.2, 0) is 18.9 Å². The zero-order chi connectivity index (χ0) is 33.0. The highest BCUT2D eigenvalue weighted by molar-refractivity contribution is 5.73. The van der Waals surface area contributed by atoms with Crippen LogP contribution in [0.25, 0.3) is 0 Å². The van der Waals surface area contributed by atoms with Crippen molar-refractivity contribution in [3.8, 4) is 0 Å². The zero-order valence-corrected chi connectivity index (χ0v) is 25.2. The molecule has 0 unspecified atom stereocenters. The number of nitrogens with one attached hydrogen (secondary N) is 2. The Morgan fingerprint density at radius 2 is 1.51 bits per heavy atom. The number of hydroxylamine groups is 2. The summed E-state index contributed by atoms with van der Waals surface area (Å²) in [5.74, 6) is 0.459. The normalized spacial score (nSPS) is 45.5. The lowest BCUT2D eigenvalue weighted by Gasteiger charge is -2.48. The Bertz CT molecular complexity index is 939. The molecule has 2 heterocycles. The third-order valence-electron chi connectivity index (χ3n) is 9.07. The quantitative estimate of drug-likeness (QED) is 0.0688. The van der Waals surface area contributed by atoms with Gasteiger partial charge < -0.3 is 83.8 Å². The van der Waals surface area contributed by atoms with E-state index in [1.165, 1.54) is 0 Å². The van der Waals surface area contributed by atoms with E-state index in [-0.39, 0.29) is 32.0 Å². The maximum Gasteiger partial charge on any atom is 0.341 e. The van der Waals surface area contributed by atoms with E-state index in [2.05, 4.69) is 10.6 Å². The highest BCUT2D eigenvalue weighted by atomic mass is 16.7. The molecule has 0 aromatic rings. The van der Waals surface area contributed by atoms with Crippen molar-refractivity contribution in [2.24, 2.45) is 34.6 Å². The second-order valence-electron chi connectivity index (χ2n) is 12.6. The average Bonchev–Trinajstić information content (AvgIpc) is 2.98. The van der Waals surface area contributed by atoms with Crippen molar-refractivity contribution in [3.05, 3.63) is 0 Å². The number of aliphatic hydroxyl groups excluding tert-OH is 5. The number of nitrogens with two attached hydrogens (primary N) is 5. The van der Waals surface area contributed by atoms with E-state index in [4.69, 9.17) is 47.6 Å². The number of rotatable bonds is 12. The summed E-state index contributed by atoms with van der Waals surface area (Å²) in [6.07, 6.45) is -10.5. The number of carbonyl (C=O) groups excluding carboxylic acids is 1. The molecule has 19 nitrogen and oxygen atoms in total. The van der Waals surface area contributed by atoms with E-state index in [1.807, 2.05) is 0 Å². The lowest BCUT2D eigenvalue weighted by atomic mass is 9.81. The molecule has 0 aromatic heterocycles. The summed E-state index contributed by atoms with van der Waals surface area (Å²) >= 11 is 0. The summed E-state index contributed by atoms with van der Waals surface area (Å²) in [5.41, 5.74) is 29.9. The number of aliphatic hydroxyl groups is 5. The lowest BCUT2D eigenvalue weighted by molar-refractivity contribution is -0.316. The molecule has 0 aromatic carbocycles. The third-order valence-corrected chi connectivity index (χ3v) is 9.07. The maximum absolute atomic E-state index is 12.6. The minimum absolute atomic E-state index is 0.0287. The molecule has 2 saturated heterocycles. The Kier molecular flexibility index (Phi) is 13.1. The molecule has 14 atom stereocenters.